The maximum Gasteiger partial charge on any atom is 0.251 e. The summed E-state index contributed by atoms with van der Waals surface area (Å²) in [5.41, 5.74) is 8.02. The average Bonchev–Trinajstić information content (AvgIpc) is 2.40. The van der Waals surface area contributed by atoms with Crippen molar-refractivity contribution < 1.29 is 9.53 Å². The quantitative estimate of drug-likeness (QED) is 0.803. The fourth-order valence-corrected chi connectivity index (χ4v) is 2.09. The molecule has 1 aromatic carbocycles. The van der Waals surface area contributed by atoms with Crippen molar-refractivity contribution in [3.8, 4) is 0 Å². The van der Waals surface area contributed by atoms with Gasteiger partial charge in [0.05, 0.1) is 6.10 Å². The van der Waals surface area contributed by atoms with Crippen molar-refractivity contribution in [3.63, 3.8) is 0 Å². The van der Waals surface area contributed by atoms with E-state index in [1.165, 1.54) is 6.42 Å². The number of hydrogen-bond acceptors (Lipinski definition) is 3. The number of carbonyl (C=O) groups excluding carboxylic acids is 1. The Balaban J connectivity index is 1.88. The average molecular weight is 248 g/mol. The van der Waals surface area contributed by atoms with E-state index >= 15 is 0 Å². The topological polar surface area (TPSA) is 64.3 Å². The van der Waals surface area contributed by atoms with E-state index in [2.05, 4.69) is 5.32 Å². The summed E-state index contributed by atoms with van der Waals surface area (Å²) < 4.78 is 5.57. The van der Waals surface area contributed by atoms with Crippen LogP contribution in [0.1, 0.15) is 35.2 Å². The zero-order valence-electron chi connectivity index (χ0n) is 10.7. The van der Waals surface area contributed by atoms with Gasteiger partial charge in [-0.15, -0.1) is 0 Å². The number of amides is 1. The van der Waals surface area contributed by atoms with Crippen molar-refractivity contribution in [1.82, 2.24) is 5.32 Å². The van der Waals surface area contributed by atoms with Crippen LogP contribution < -0.4 is 11.1 Å². The summed E-state index contributed by atoms with van der Waals surface area (Å²) in [4.78, 5) is 11.9. The lowest BCUT2D eigenvalue weighted by molar-refractivity contribution is 0.0169. The molecule has 4 heteroatoms. The first kappa shape index (κ1) is 12.9. The Kier molecular flexibility index (Phi) is 4.20. The number of anilines is 1. The van der Waals surface area contributed by atoms with Crippen LogP contribution in [0.15, 0.2) is 18.2 Å². The van der Waals surface area contributed by atoms with Crippen molar-refractivity contribution in [2.24, 2.45) is 0 Å². The van der Waals surface area contributed by atoms with Crippen molar-refractivity contribution >= 4 is 11.6 Å². The van der Waals surface area contributed by atoms with E-state index in [0.29, 0.717) is 17.8 Å². The normalized spacial score (nSPS) is 19.5. The molecule has 1 saturated heterocycles. The van der Waals surface area contributed by atoms with Gasteiger partial charge in [0.1, 0.15) is 0 Å². The summed E-state index contributed by atoms with van der Waals surface area (Å²) in [6, 6.07) is 5.33. The van der Waals surface area contributed by atoms with E-state index in [1.54, 1.807) is 12.1 Å². The van der Waals surface area contributed by atoms with Crippen LogP contribution in [-0.4, -0.2) is 25.2 Å². The van der Waals surface area contributed by atoms with Crippen molar-refractivity contribution in [2.75, 3.05) is 18.9 Å². The number of nitrogen functional groups attached to an aromatic ring is 1. The minimum atomic E-state index is -0.0627. The first-order chi connectivity index (χ1) is 8.66. The molecular formula is C14H20N2O2. The van der Waals surface area contributed by atoms with Crippen molar-refractivity contribution in [2.45, 2.75) is 32.3 Å². The molecule has 1 atom stereocenters. The summed E-state index contributed by atoms with van der Waals surface area (Å²) in [5, 5.41) is 2.91. The van der Waals surface area contributed by atoms with E-state index in [1.807, 2.05) is 13.0 Å². The molecule has 1 aliphatic heterocycles. The zero-order valence-corrected chi connectivity index (χ0v) is 10.7. The summed E-state index contributed by atoms with van der Waals surface area (Å²) in [7, 11) is 0. The molecule has 0 radical (unpaired) electrons. The highest BCUT2D eigenvalue weighted by Gasteiger charge is 2.15. The van der Waals surface area contributed by atoms with Gasteiger partial charge in [-0.05, 0) is 49.9 Å². The molecule has 3 N–H and O–H groups in total. The van der Waals surface area contributed by atoms with Crippen LogP contribution in [0.5, 0.6) is 0 Å². The summed E-state index contributed by atoms with van der Waals surface area (Å²) in [6.45, 7) is 3.29. The third kappa shape index (κ3) is 3.23. The van der Waals surface area contributed by atoms with Gasteiger partial charge in [0.2, 0.25) is 0 Å². The lowest BCUT2D eigenvalue weighted by atomic mass is 10.1. The number of nitrogens with two attached hydrogens (primary N) is 1. The van der Waals surface area contributed by atoms with E-state index in [9.17, 15) is 4.79 Å². The van der Waals surface area contributed by atoms with Crippen LogP contribution in [0.2, 0.25) is 0 Å². The number of rotatable bonds is 3. The molecular weight excluding hydrogens is 228 g/mol. The van der Waals surface area contributed by atoms with Gasteiger partial charge in [-0.2, -0.15) is 0 Å². The van der Waals surface area contributed by atoms with Gasteiger partial charge in [-0.3, -0.25) is 4.79 Å². The molecule has 0 bridgehead atoms. The first-order valence-corrected chi connectivity index (χ1v) is 6.43. The van der Waals surface area contributed by atoms with Gasteiger partial charge < -0.3 is 15.8 Å². The minimum absolute atomic E-state index is 0.0627. The molecule has 1 heterocycles. The number of nitrogens with one attached hydrogen (secondary N) is 1. The molecule has 0 aliphatic carbocycles. The van der Waals surface area contributed by atoms with Gasteiger partial charge in [0, 0.05) is 24.4 Å². The summed E-state index contributed by atoms with van der Waals surface area (Å²) >= 11 is 0. The lowest BCUT2D eigenvalue weighted by Gasteiger charge is -2.22. The number of carbonyl (C=O) groups is 1. The van der Waals surface area contributed by atoms with E-state index in [4.69, 9.17) is 10.5 Å². The molecule has 1 fully saturated rings. The predicted molar refractivity (Wildman–Crippen MR) is 71.5 cm³/mol. The van der Waals surface area contributed by atoms with Gasteiger partial charge in [0.25, 0.3) is 5.91 Å². The molecule has 1 aliphatic rings. The molecule has 2 rings (SSSR count). The van der Waals surface area contributed by atoms with Crippen LogP contribution >= 0.6 is 0 Å². The molecule has 1 amide bonds. The molecule has 4 nitrogen and oxygen atoms in total. The van der Waals surface area contributed by atoms with Crippen molar-refractivity contribution in [1.29, 1.82) is 0 Å². The fourth-order valence-electron chi connectivity index (χ4n) is 2.09. The fraction of sp³-hybridized carbons (Fsp3) is 0.500. The maximum absolute atomic E-state index is 11.9. The van der Waals surface area contributed by atoms with Crippen LogP contribution in [0.3, 0.4) is 0 Å². The van der Waals surface area contributed by atoms with E-state index < -0.39 is 0 Å². The van der Waals surface area contributed by atoms with Gasteiger partial charge >= 0.3 is 0 Å². The lowest BCUT2D eigenvalue weighted by Crippen LogP contribution is -2.35. The summed E-state index contributed by atoms with van der Waals surface area (Å²) in [6.07, 6.45) is 3.50. The van der Waals surface area contributed by atoms with Crippen molar-refractivity contribution in [3.05, 3.63) is 29.3 Å². The highest BCUT2D eigenvalue weighted by Crippen LogP contribution is 2.14. The van der Waals surface area contributed by atoms with Gasteiger partial charge in [-0.25, -0.2) is 0 Å². The Morgan fingerprint density at radius 2 is 2.33 bits per heavy atom. The number of ether oxygens (including phenoxy) is 1. The van der Waals surface area contributed by atoms with Crippen LogP contribution in [0, 0.1) is 6.92 Å². The first-order valence-electron chi connectivity index (χ1n) is 6.43. The Hall–Kier alpha value is -1.55. The maximum atomic E-state index is 11.9. The zero-order chi connectivity index (χ0) is 13.0. The second-order valence-corrected chi connectivity index (χ2v) is 4.77. The SMILES string of the molecule is Cc1cc(C(=O)NCC2CCCCO2)ccc1N. The van der Waals surface area contributed by atoms with Gasteiger partial charge in [0.15, 0.2) is 0 Å². The standard InChI is InChI=1S/C14H20N2O2/c1-10-8-11(5-6-13(10)15)14(17)16-9-12-4-2-3-7-18-12/h5-6,8,12H,2-4,7,9,15H2,1H3,(H,16,17). The smallest absolute Gasteiger partial charge is 0.251 e. The van der Waals surface area contributed by atoms with Crippen LogP contribution in [0.25, 0.3) is 0 Å². The number of aryl methyl sites for hydroxylation is 1. The third-order valence-electron chi connectivity index (χ3n) is 3.30. The molecule has 0 saturated carbocycles. The highest BCUT2D eigenvalue weighted by atomic mass is 16.5. The second-order valence-electron chi connectivity index (χ2n) is 4.77. The molecule has 1 unspecified atom stereocenters. The highest BCUT2D eigenvalue weighted by molar-refractivity contribution is 5.94. The van der Waals surface area contributed by atoms with Crippen LogP contribution in [-0.2, 0) is 4.74 Å². The second kappa shape index (κ2) is 5.87. The van der Waals surface area contributed by atoms with Gasteiger partial charge in [-0.1, -0.05) is 0 Å². The monoisotopic (exact) mass is 248 g/mol. The number of benzene rings is 1. The largest absolute Gasteiger partial charge is 0.399 e. The third-order valence-corrected chi connectivity index (χ3v) is 3.30. The van der Waals surface area contributed by atoms with E-state index in [0.717, 1.165) is 25.0 Å². The minimum Gasteiger partial charge on any atom is -0.399 e. The summed E-state index contributed by atoms with van der Waals surface area (Å²) in [5.74, 6) is -0.0627. The Labute approximate surface area is 108 Å². The molecule has 0 spiro atoms. The Morgan fingerprint density at radius 3 is 3.00 bits per heavy atom. The predicted octanol–water partition coefficient (Wildman–Crippen LogP) is 1.88. The molecule has 0 aromatic heterocycles. The number of hydrogen-bond donors (Lipinski definition) is 2. The molecule has 18 heavy (non-hydrogen) atoms. The van der Waals surface area contributed by atoms with Crippen LogP contribution in [0.4, 0.5) is 5.69 Å². The Bertz CT molecular complexity index is 426. The molecule has 98 valence electrons. The van der Waals surface area contributed by atoms with E-state index in [-0.39, 0.29) is 12.0 Å². The Morgan fingerprint density at radius 1 is 1.50 bits per heavy atom. The molecule has 1 aromatic rings.